The van der Waals surface area contributed by atoms with Gasteiger partial charge in [-0.1, -0.05) is 0 Å². The van der Waals surface area contributed by atoms with E-state index in [0.717, 1.165) is 0 Å². The van der Waals surface area contributed by atoms with Crippen LogP contribution in [0, 0.1) is 0 Å². The van der Waals surface area contributed by atoms with Gasteiger partial charge in [0.1, 0.15) is 0 Å². The number of ketones is 1. The summed E-state index contributed by atoms with van der Waals surface area (Å²) in [7, 11) is 0. The summed E-state index contributed by atoms with van der Waals surface area (Å²) in [6, 6.07) is 0. The summed E-state index contributed by atoms with van der Waals surface area (Å²) < 4.78 is 0. The van der Waals surface area contributed by atoms with E-state index in [1.54, 1.807) is 6.92 Å². The van der Waals surface area contributed by atoms with Gasteiger partial charge < -0.3 is 11.5 Å². The standard InChI is InChI=1S/C5H10N2O/c1-3(6)5(7)4(2)8/h6-7H2,1-2H3. The van der Waals surface area contributed by atoms with Gasteiger partial charge in [0, 0.05) is 12.6 Å². The molecule has 0 unspecified atom stereocenters. The molecule has 0 heterocycles. The Morgan fingerprint density at radius 1 is 1.25 bits per heavy atom. The van der Waals surface area contributed by atoms with E-state index in [9.17, 15) is 4.79 Å². The number of Topliss-reactive ketones (excluding diaryl/α,β-unsaturated/α-hetero) is 1. The van der Waals surface area contributed by atoms with Gasteiger partial charge in [-0.2, -0.15) is 0 Å². The molecule has 3 heteroatoms. The lowest BCUT2D eigenvalue weighted by Gasteiger charge is -1.94. The molecule has 0 aliphatic carbocycles. The fraction of sp³-hybridized carbons (Fsp3) is 0.400. The van der Waals surface area contributed by atoms with E-state index in [4.69, 9.17) is 11.5 Å². The monoisotopic (exact) mass is 114 g/mol. The molecule has 3 nitrogen and oxygen atoms in total. The molecule has 0 aliphatic heterocycles. The Morgan fingerprint density at radius 2 is 1.62 bits per heavy atom. The van der Waals surface area contributed by atoms with E-state index in [1.807, 2.05) is 0 Å². The number of hydrogen-bond donors (Lipinski definition) is 2. The molecule has 0 rings (SSSR count). The van der Waals surface area contributed by atoms with Crippen LogP contribution in [0.1, 0.15) is 13.8 Å². The average Bonchev–Trinajstić information content (AvgIpc) is 1.64. The van der Waals surface area contributed by atoms with Crippen molar-refractivity contribution in [2.75, 3.05) is 0 Å². The van der Waals surface area contributed by atoms with Crippen LogP contribution < -0.4 is 11.5 Å². The van der Waals surface area contributed by atoms with Crippen LogP contribution in [0.3, 0.4) is 0 Å². The lowest BCUT2D eigenvalue weighted by molar-refractivity contribution is -0.113. The van der Waals surface area contributed by atoms with E-state index in [-0.39, 0.29) is 11.5 Å². The first kappa shape index (κ1) is 7.01. The van der Waals surface area contributed by atoms with Gasteiger partial charge in [-0.15, -0.1) is 0 Å². The highest BCUT2D eigenvalue weighted by atomic mass is 16.1. The minimum absolute atomic E-state index is 0.157. The summed E-state index contributed by atoms with van der Waals surface area (Å²) in [5.41, 5.74) is 10.9. The maximum Gasteiger partial charge on any atom is 0.177 e. The quantitative estimate of drug-likeness (QED) is 0.461. The topological polar surface area (TPSA) is 69.1 Å². The Balaban J connectivity index is 4.23. The van der Waals surface area contributed by atoms with Gasteiger partial charge in [-0.05, 0) is 6.92 Å². The highest BCUT2D eigenvalue weighted by molar-refractivity contribution is 5.92. The van der Waals surface area contributed by atoms with Crippen LogP contribution in [0.15, 0.2) is 11.4 Å². The minimum Gasteiger partial charge on any atom is -0.401 e. The first-order valence-electron chi connectivity index (χ1n) is 2.28. The summed E-state index contributed by atoms with van der Waals surface area (Å²) in [6.07, 6.45) is 0. The van der Waals surface area contributed by atoms with Crippen LogP contribution in [-0.4, -0.2) is 5.78 Å². The van der Waals surface area contributed by atoms with E-state index >= 15 is 0 Å². The number of allylic oxidation sites excluding steroid dienone is 2. The van der Waals surface area contributed by atoms with Crippen molar-refractivity contribution >= 4 is 5.78 Å². The smallest absolute Gasteiger partial charge is 0.177 e. The van der Waals surface area contributed by atoms with E-state index < -0.39 is 0 Å². The molecule has 8 heavy (non-hydrogen) atoms. The summed E-state index contributed by atoms with van der Waals surface area (Å²) in [5.74, 6) is -0.176. The van der Waals surface area contributed by atoms with Crippen LogP contribution in [0.2, 0.25) is 0 Å². The predicted octanol–water partition coefficient (Wildman–Crippen LogP) is -0.276. The van der Waals surface area contributed by atoms with Crippen molar-refractivity contribution in [2.24, 2.45) is 11.5 Å². The van der Waals surface area contributed by atoms with Crippen LogP contribution in [-0.2, 0) is 4.79 Å². The Hall–Kier alpha value is -0.990. The molecule has 0 aromatic heterocycles. The third-order valence-corrected chi connectivity index (χ3v) is 0.804. The number of nitrogens with two attached hydrogens (primary N) is 2. The highest BCUT2D eigenvalue weighted by Crippen LogP contribution is 1.88. The first-order chi connectivity index (χ1) is 3.55. The van der Waals surface area contributed by atoms with Crippen LogP contribution in [0.4, 0.5) is 0 Å². The van der Waals surface area contributed by atoms with Gasteiger partial charge >= 0.3 is 0 Å². The molecule has 4 N–H and O–H groups in total. The predicted molar refractivity (Wildman–Crippen MR) is 31.8 cm³/mol. The fourth-order valence-electron chi connectivity index (χ4n) is 0.278. The Morgan fingerprint density at radius 3 is 1.62 bits per heavy atom. The molecule has 0 aromatic carbocycles. The van der Waals surface area contributed by atoms with Gasteiger partial charge in [0.05, 0.1) is 5.70 Å². The van der Waals surface area contributed by atoms with E-state index in [2.05, 4.69) is 0 Å². The molecule has 0 radical (unpaired) electrons. The van der Waals surface area contributed by atoms with Gasteiger partial charge in [0.15, 0.2) is 5.78 Å². The zero-order valence-corrected chi connectivity index (χ0v) is 5.06. The maximum atomic E-state index is 10.3. The van der Waals surface area contributed by atoms with Crippen molar-refractivity contribution < 1.29 is 4.79 Å². The molecular formula is C5H10N2O. The normalized spacial score (nSPS) is 12.8. The number of rotatable bonds is 1. The molecule has 0 aromatic rings. The van der Waals surface area contributed by atoms with Crippen LogP contribution in [0.25, 0.3) is 0 Å². The Bertz CT molecular complexity index is 133. The number of carbonyl (C=O) groups is 1. The van der Waals surface area contributed by atoms with Crippen molar-refractivity contribution in [1.29, 1.82) is 0 Å². The number of carbonyl (C=O) groups excluding carboxylic acids is 1. The van der Waals surface area contributed by atoms with E-state index in [0.29, 0.717) is 5.70 Å². The highest BCUT2D eigenvalue weighted by Gasteiger charge is 1.97. The van der Waals surface area contributed by atoms with Crippen molar-refractivity contribution in [3.05, 3.63) is 11.4 Å². The van der Waals surface area contributed by atoms with Gasteiger partial charge in [0.2, 0.25) is 0 Å². The minimum atomic E-state index is -0.176. The molecule has 0 amide bonds. The van der Waals surface area contributed by atoms with Crippen molar-refractivity contribution in [1.82, 2.24) is 0 Å². The molecule has 46 valence electrons. The summed E-state index contributed by atoms with van der Waals surface area (Å²) in [4.78, 5) is 10.3. The van der Waals surface area contributed by atoms with Crippen LogP contribution >= 0.6 is 0 Å². The summed E-state index contributed by atoms with van der Waals surface area (Å²) in [6.45, 7) is 2.97. The number of hydrogen-bond acceptors (Lipinski definition) is 3. The lowest BCUT2D eigenvalue weighted by atomic mass is 10.3. The van der Waals surface area contributed by atoms with Crippen molar-refractivity contribution in [2.45, 2.75) is 13.8 Å². The van der Waals surface area contributed by atoms with Gasteiger partial charge in [0.25, 0.3) is 0 Å². The third-order valence-electron chi connectivity index (χ3n) is 0.804. The molecule has 0 spiro atoms. The van der Waals surface area contributed by atoms with Gasteiger partial charge in [-0.25, -0.2) is 0 Å². The summed E-state index contributed by atoms with van der Waals surface area (Å²) in [5, 5.41) is 0. The molecule has 0 saturated carbocycles. The van der Waals surface area contributed by atoms with Gasteiger partial charge in [-0.3, -0.25) is 4.79 Å². The molecule has 0 atom stereocenters. The summed E-state index contributed by atoms with van der Waals surface area (Å²) >= 11 is 0. The maximum absolute atomic E-state index is 10.3. The van der Waals surface area contributed by atoms with Crippen molar-refractivity contribution in [3.63, 3.8) is 0 Å². The second-order valence-electron chi connectivity index (χ2n) is 1.65. The molecular weight excluding hydrogens is 104 g/mol. The zero-order chi connectivity index (χ0) is 6.73. The lowest BCUT2D eigenvalue weighted by Crippen LogP contribution is -2.13. The van der Waals surface area contributed by atoms with Crippen molar-refractivity contribution in [3.8, 4) is 0 Å². The largest absolute Gasteiger partial charge is 0.401 e. The van der Waals surface area contributed by atoms with Crippen LogP contribution in [0.5, 0.6) is 0 Å². The molecule has 0 saturated heterocycles. The van der Waals surface area contributed by atoms with E-state index in [1.165, 1.54) is 6.92 Å². The third kappa shape index (κ3) is 1.64. The SMILES string of the molecule is CC(=O)C(N)=C(C)N. The molecule has 0 aliphatic rings. The molecule has 0 fully saturated rings. The first-order valence-corrected chi connectivity index (χ1v) is 2.28. The Kier molecular flexibility index (Phi) is 2.06. The second kappa shape index (κ2) is 2.35. The zero-order valence-electron chi connectivity index (χ0n) is 5.06. The fourth-order valence-corrected chi connectivity index (χ4v) is 0.278. The average molecular weight is 114 g/mol. The second-order valence-corrected chi connectivity index (χ2v) is 1.65. The Labute approximate surface area is 48.4 Å². The molecule has 0 bridgehead atoms.